The number of aliphatic hydroxyl groups is 2. The highest BCUT2D eigenvalue weighted by molar-refractivity contribution is 5.76. The van der Waals surface area contributed by atoms with Crippen molar-refractivity contribution in [1.82, 2.24) is 5.32 Å². The van der Waals surface area contributed by atoms with Crippen LogP contribution >= 0.6 is 0 Å². The Labute approximate surface area is 508 Å². The number of nitrogens with one attached hydrogen (secondary N) is 1. The molecule has 6 heteroatoms. The van der Waals surface area contributed by atoms with Crippen molar-refractivity contribution in [3.05, 3.63) is 12.2 Å². The van der Waals surface area contributed by atoms with E-state index in [-0.39, 0.29) is 18.5 Å². The molecule has 0 aromatic carbocycles. The summed E-state index contributed by atoms with van der Waals surface area (Å²) in [5, 5.41) is 23.5. The first-order valence-corrected chi connectivity index (χ1v) is 37.4. The van der Waals surface area contributed by atoms with Gasteiger partial charge in [0.1, 0.15) is 0 Å². The van der Waals surface area contributed by atoms with Crippen LogP contribution < -0.4 is 5.32 Å². The van der Waals surface area contributed by atoms with Gasteiger partial charge >= 0.3 is 5.97 Å². The first-order chi connectivity index (χ1) is 40.0. The Balaban J connectivity index is 3.37. The van der Waals surface area contributed by atoms with Gasteiger partial charge in [-0.1, -0.05) is 379 Å². The molecule has 2 unspecified atom stereocenters. The fourth-order valence-electron chi connectivity index (χ4n) is 12.1. The molecule has 0 saturated carbocycles. The summed E-state index contributed by atoms with van der Waals surface area (Å²) in [6.07, 6.45) is 88.4. The third kappa shape index (κ3) is 67.6. The zero-order chi connectivity index (χ0) is 58.5. The predicted octanol–water partition coefficient (Wildman–Crippen LogP) is 24.3. The van der Waals surface area contributed by atoms with Gasteiger partial charge in [-0.25, -0.2) is 0 Å². The SMILES string of the molecule is CCCCCCCCC/C=C\CCCCCCCCCC(=O)OCCCCCCCCCCCCCCCCCCCCCCCC(=O)NC(CO)C(O)CCCCCCCCCCCCCCCCCCCCCCCCCCC. The minimum absolute atomic E-state index is 0.0108. The molecular formula is C75H147NO5. The van der Waals surface area contributed by atoms with E-state index in [2.05, 4.69) is 31.3 Å². The molecule has 0 aliphatic rings. The second-order valence-electron chi connectivity index (χ2n) is 26.0. The zero-order valence-corrected chi connectivity index (χ0v) is 55.3. The quantitative estimate of drug-likeness (QED) is 0.0320. The van der Waals surface area contributed by atoms with Gasteiger partial charge in [0.2, 0.25) is 5.91 Å². The van der Waals surface area contributed by atoms with Gasteiger partial charge in [0, 0.05) is 12.8 Å². The van der Waals surface area contributed by atoms with Gasteiger partial charge in [-0.2, -0.15) is 0 Å². The number of amides is 1. The maximum Gasteiger partial charge on any atom is 0.305 e. The molecule has 2 atom stereocenters. The first-order valence-electron chi connectivity index (χ1n) is 37.4. The molecule has 482 valence electrons. The topological polar surface area (TPSA) is 95.9 Å². The van der Waals surface area contributed by atoms with E-state index >= 15 is 0 Å². The van der Waals surface area contributed by atoms with Gasteiger partial charge in [0.15, 0.2) is 0 Å². The Morgan fingerprint density at radius 3 is 0.877 bits per heavy atom. The number of carbonyl (C=O) groups is 2. The number of esters is 1. The maximum absolute atomic E-state index is 12.6. The van der Waals surface area contributed by atoms with Crippen molar-refractivity contribution in [2.45, 2.75) is 443 Å². The summed E-state index contributed by atoms with van der Waals surface area (Å²) < 4.78 is 5.51. The van der Waals surface area contributed by atoms with Crippen molar-refractivity contribution < 1.29 is 24.5 Å². The fourth-order valence-corrected chi connectivity index (χ4v) is 12.1. The minimum Gasteiger partial charge on any atom is -0.466 e. The van der Waals surface area contributed by atoms with Gasteiger partial charge < -0.3 is 20.3 Å². The summed E-state index contributed by atoms with van der Waals surface area (Å²) in [7, 11) is 0. The average molecular weight is 1140 g/mol. The molecule has 0 rings (SSSR count). The predicted molar refractivity (Wildman–Crippen MR) is 357 cm³/mol. The largest absolute Gasteiger partial charge is 0.466 e. The standard InChI is InChI=1S/C75H147NO5/c1-3-5-7-9-11-13-15-17-19-21-23-24-25-26-27-29-32-35-39-43-47-51-55-59-63-67-73(78)72(71-77)76-74(79)68-64-60-56-52-48-44-40-36-33-30-28-31-34-38-42-46-50-54-58-62-66-70-81-75(80)69-65-61-57-53-49-45-41-37-22-20-18-16-14-12-10-8-6-4-2/h20,22,72-73,77-78H,3-19,21,23-71H2,1-2H3,(H,76,79)/b22-20-. The summed E-state index contributed by atoms with van der Waals surface area (Å²) in [4.78, 5) is 24.7. The van der Waals surface area contributed by atoms with Crippen molar-refractivity contribution in [1.29, 1.82) is 0 Å². The number of hydrogen-bond acceptors (Lipinski definition) is 5. The van der Waals surface area contributed by atoms with E-state index in [1.165, 1.54) is 353 Å². The molecule has 0 radical (unpaired) electrons. The molecule has 0 bridgehead atoms. The summed E-state index contributed by atoms with van der Waals surface area (Å²) >= 11 is 0. The van der Waals surface area contributed by atoms with Crippen LogP contribution in [0.3, 0.4) is 0 Å². The first kappa shape index (κ1) is 79.6. The molecule has 0 saturated heterocycles. The summed E-state index contributed by atoms with van der Waals surface area (Å²) in [6.45, 7) is 5.00. The van der Waals surface area contributed by atoms with E-state index < -0.39 is 12.1 Å². The highest BCUT2D eigenvalue weighted by Crippen LogP contribution is 2.20. The van der Waals surface area contributed by atoms with Gasteiger partial charge in [-0.3, -0.25) is 9.59 Å². The second-order valence-corrected chi connectivity index (χ2v) is 26.0. The van der Waals surface area contributed by atoms with Crippen molar-refractivity contribution in [3.63, 3.8) is 0 Å². The molecular weight excluding hydrogens is 995 g/mol. The Bertz CT molecular complexity index is 1220. The number of unbranched alkanes of at least 4 members (excludes halogenated alkanes) is 58. The summed E-state index contributed by atoms with van der Waals surface area (Å²) in [6, 6.07) is -0.543. The zero-order valence-electron chi connectivity index (χ0n) is 55.3. The molecule has 1 amide bonds. The molecule has 81 heavy (non-hydrogen) atoms. The van der Waals surface area contributed by atoms with Crippen LogP contribution in [0.5, 0.6) is 0 Å². The summed E-state index contributed by atoms with van der Waals surface area (Å²) in [5.41, 5.74) is 0. The Hall–Kier alpha value is -1.40. The van der Waals surface area contributed by atoms with Crippen LogP contribution in [0.4, 0.5) is 0 Å². The minimum atomic E-state index is -0.666. The third-order valence-corrected chi connectivity index (χ3v) is 17.8. The molecule has 0 aromatic heterocycles. The van der Waals surface area contributed by atoms with Gasteiger partial charge in [0.05, 0.1) is 25.4 Å². The van der Waals surface area contributed by atoms with Crippen molar-refractivity contribution in [2.75, 3.05) is 13.2 Å². The molecule has 0 spiro atoms. The van der Waals surface area contributed by atoms with Crippen LogP contribution in [0.15, 0.2) is 12.2 Å². The molecule has 0 aromatic rings. The molecule has 0 heterocycles. The summed E-state index contributed by atoms with van der Waals surface area (Å²) in [5.74, 6) is -0.0194. The molecule has 0 fully saturated rings. The van der Waals surface area contributed by atoms with E-state index in [4.69, 9.17) is 4.74 Å². The number of carbonyl (C=O) groups excluding carboxylic acids is 2. The van der Waals surface area contributed by atoms with Crippen LogP contribution in [0.25, 0.3) is 0 Å². The number of allylic oxidation sites excluding steroid dienone is 2. The number of aliphatic hydroxyl groups excluding tert-OH is 2. The fraction of sp³-hybridized carbons (Fsp3) is 0.947. The van der Waals surface area contributed by atoms with Crippen molar-refractivity contribution >= 4 is 11.9 Å². The van der Waals surface area contributed by atoms with Gasteiger partial charge in [-0.05, 0) is 51.4 Å². The molecule has 0 aliphatic heterocycles. The molecule has 6 nitrogen and oxygen atoms in total. The van der Waals surface area contributed by atoms with Gasteiger partial charge in [0.25, 0.3) is 0 Å². The Kier molecular flexibility index (Phi) is 69.9. The van der Waals surface area contributed by atoms with Crippen molar-refractivity contribution in [3.8, 4) is 0 Å². The van der Waals surface area contributed by atoms with Crippen molar-refractivity contribution in [2.24, 2.45) is 0 Å². The lowest BCUT2D eigenvalue weighted by molar-refractivity contribution is -0.143. The van der Waals surface area contributed by atoms with Crippen LogP contribution in [0.1, 0.15) is 431 Å². The van der Waals surface area contributed by atoms with Crippen LogP contribution in [0, 0.1) is 0 Å². The molecule has 0 aliphatic carbocycles. The van der Waals surface area contributed by atoms with Crippen LogP contribution in [-0.2, 0) is 14.3 Å². The van der Waals surface area contributed by atoms with E-state index in [9.17, 15) is 19.8 Å². The number of hydrogen-bond donors (Lipinski definition) is 3. The van der Waals surface area contributed by atoms with E-state index in [0.717, 1.165) is 44.9 Å². The maximum atomic E-state index is 12.6. The van der Waals surface area contributed by atoms with E-state index in [1.54, 1.807) is 0 Å². The van der Waals surface area contributed by atoms with Crippen LogP contribution in [0.2, 0.25) is 0 Å². The second kappa shape index (κ2) is 71.1. The number of rotatable bonds is 71. The lowest BCUT2D eigenvalue weighted by Crippen LogP contribution is -2.45. The monoisotopic (exact) mass is 1140 g/mol. The van der Waals surface area contributed by atoms with E-state index in [0.29, 0.717) is 25.9 Å². The molecule has 3 N–H and O–H groups in total. The normalized spacial score (nSPS) is 12.5. The lowest BCUT2D eigenvalue weighted by atomic mass is 10.0. The highest BCUT2D eigenvalue weighted by atomic mass is 16.5. The van der Waals surface area contributed by atoms with Crippen LogP contribution in [-0.4, -0.2) is 47.4 Å². The third-order valence-electron chi connectivity index (χ3n) is 17.8. The van der Waals surface area contributed by atoms with E-state index in [1.807, 2.05) is 0 Å². The van der Waals surface area contributed by atoms with Gasteiger partial charge in [-0.15, -0.1) is 0 Å². The smallest absolute Gasteiger partial charge is 0.305 e. The Morgan fingerprint density at radius 1 is 0.333 bits per heavy atom. The lowest BCUT2D eigenvalue weighted by Gasteiger charge is -2.22. The Morgan fingerprint density at radius 2 is 0.580 bits per heavy atom. The number of ether oxygens (including phenoxy) is 1. The highest BCUT2D eigenvalue weighted by Gasteiger charge is 2.20. The average Bonchev–Trinajstić information content (AvgIpc) is 3.47.